The van der Waals surface area contributed by atoms with E-state index in [2.05, 4.69) is 15.0 Å². The Kier molecular flexibility index (Phi) is 6.74. The molecular weight excluding hydrogens is 473 g/mol. The zero-order valence-electron chi connectivity index (χ0n) is 18.5. The van der Waals surface area contributed by atoms with Crippen LogP contribution in [0.25, 0.3) is 10.9 Å². The van der Waals surface area contributed by atoms with Gasteiger partial charge in [-0.05, 0) is 48.0 Å². The molecule has 1 amide bonds. The molecule has 1 heterocycles. The van der Waals surface area contributed by atoms with Crippen molar-refractivity contribution < 1.29 is 27.1 Å². The third kappa shape index (κ3) is 5.28. The maximum atomic E-state index is 13.9. The van der Waals surface area contributed by atoms with Gasteiger partial charge in [0.15, 0.2) is 0 Å². The van der Waals surface area contributed by atoms with Gasteiger partial charge in [-0.1, -0.05) is 30.3 Å². The first kappa shape index (κ1) is 23.8. The smallest absolute Gasteiger partial charge is 0.337 e. The Hall–Kier alpha value is -4.31. The van der Waals surface area contributed by atoms with Crippen molar-refractivity contribution in [2.24, 2.45) is 0 Å². The Labute approximate surface area is 200 Å². The van der Waals surface area contributed by atoms with E-state index >= 15 is 0 Å². The van der Waals surface area contributed by atoms with E-state index in [0.717, 1.165) is 0 Å². The highest BCUT2D eigenvalue weighted by Gasteiger charge is 2.20. The number of anilines is 1. The second-order valence-corrected chi connectivity index (χ2v) is 9.16. The number of rotatable bonds is 7. The summed E-state index contributed by atoms with van der Waals surface area (Å²) in [6.07, 6.45) is 1.50. The summed E-state index contributed by atoms with van der Waals surface area (Å²) in [7, 11) is -2.89. The molecule has 0 atom stereocenters. The predicted molar refractivity (Wildman–Crippen MR) is 128 cm³/mol. The van der Waals surface area contributed by atoms with Gasteiger partial charge in [0.1, 0.15) is 10.7 Å². The molecule has 0 spiro atoms. The number of nitrogens with zero attached hydrogens (tertiary/aromatic N) is 1. The number of nitrogens with one attached hydrogen (secondary N) is 2. The first-order valence-electron chi connectivity index (χ1n) is 10.4. The Morgan fingerprint density at radius 1 is 1.00 bits per heavy atom. The largest absolute Gasteiger partial charge is 0.465 e. The topological polar surface area (TPSA) is 114 Å². The zero-order valence-corrected chi connectivity index (χ0v) is 19.3. The molecule has 10 heteroatoms. The first-order chi connectivity index (χ1) is 16.8. The lowest BCUT2D eigenvalue weighted by Crippen LogP contribution is -2.24. The molecule has 0 aliphatic carbocycles. The molecular formula is C25H20FN3O5S. The number of methoxy groups -OCH3 is 1. The number of para-hydroxylation sites is 1. The lowest BCUT2D eigenvalue weighted by atomic mass is 10.1. The minimum atomic E-state index is -4.09. The summed E-state index contributed by atoms with van der Waals surface area (Å²) in [5.74, 6) is -2.03. The Bertz CT molecular complexity index is 1530. The van der Waals surface area contributed by atoms with Gasteiger partial charge in [-0.15, -0.1) is 0 Å². The average molecular weight is 494 g/mol. The second-order valence-electron chi connectivity index (χ2n) is 7.51. The monoisotopic (exact) mass is 493 g/mol. The number of aromatic nitrogens is 1. The number of fused-ring (bicyclic) bond motifs is 1. The summed E-state index contributed by atoms with van der Waals surface area (Å²) in [5, 5.41) is 3.22. The number of carbonyl (C=O) groups is 2. The lowest BCUT2D eigenvalue weighted by Gasteiger charge is -2.13. The van der Waals surface area contributed by atoms with Crippen LogP contribution in [-0.4, -0.2) is 32.4 Å². The van der Waals surface area contributed by atoms with E-state index in [1.807, 2.05) is 0 Å². The quantitative estimate of drug-likeness (QED) is 0.378. The maximum Gasteiger partial charge on any atom is 0.337 e. The van der Waals surface area contributed by atoms with Crippen LogP contribution in [0.15, 0.2) is 83.9 Å². The van der Waals surface area contributed by atoms with Crippen molar-refractivity contribution in [1.82, 2.24) is 10.3 Å². The van der Waals surface area contributed by atoms with Gasteiger partial charge in [0.25, 0.3) is 15.9 Å². The van der Waals surface area contributed by atoms with Crippen LogP contribution in [0.2, 0.25) is 0 Å². The highest BCUT2D eigenvalue weighted by Crippen LogP contribution is 2.25. The number of benzene rings is 3. The van der Waals surface area contributed by atoms with Crippen LogP contribution >= 0.6 is 0 Å². The van der Waals surface area contributed by atoms with Gasteiger partial charge in [0, 0.05) is 18.1 Å². The Morgan fingerprint density at radius 2 is 1.77 bits per heavy atom. The molecule has 4 rings (SSSR count). The van der Waals surface area contributed by atoms with Crippen LogP contribution in [-0.2, 0) is 21.3 Å². The number of hydrogen-bond acceptors (Lipinski definition) is 6. The van der Waals surface area contributed by atoms with E-state index < -0.39 is 27.7 Å². The molecule has 2 N–H and O–H groups in total. The number of carbonyl (C=O) groups excluding carboxylic acids is 2. The van der Waals surface area contributed by atoms with Gasteiger partial charge in [-0.25, -0.2) is 17.6 Å². The third-order valence-electron chi connectivity index (χ3n) is 5.12. The molecule has 1 aromatic heterocycles. The summed E-state index contributed by atoms with van der Waals surface area (Å²) in [6, 6.07) is 18.0. The van der Waals surface area contributed by atoms with Crippen molar-refractivity contribution in [2.45, 2.75) is 11.4 Å². The number of hydrogen-bond donors (Lipinski definition) is 2. The van der Waals surface area contributed by atoms with E-state index in [9.17, 15) is 22.4 Å². The Morgan fingerprint density at radius 3 is 2.54 bits per heavy atom. The number of ether oxygens (including phenoxy) is 1. The summed E-state index contributed by atoms with van der Waals surface area (Å²) >= 11 is 0. The maximum absolute atomic E-state index is 13.9. The fraction of sp³-hybridized carbons (Fsp3) is 0.0800. The third-order valence-corrected chi connectivity index (χ3v) is 6.54. The first-order valence-corrected chi connectivity index (χ1v) is 11.9. The van der Waals surface area contributed by atoms with Gasteiger partial charge >= 0.3 is 5.97 Å². The molecule has 0 unspecified atom stereocenters. The van der Waals surface area contributed by atoms with Gasteiger partial charge in [-0.2, -0.15) is 0 Å². The molecule has 8 nitrogen and oxygen atoms in total. The Balaban J connectivity index is 1.64. The van der Waals surface area contributed by atoms with E-state index in [-0.39, 0.29) is 28.3 Å². The summed E-state index contributed by atoms with van der Waals surface area (Å²) in [6.45, 7) is -0.0947. The van der Waals surface area contributed by atoms with Crippen LogP contribution in [0.4, 0.5) is 10.1 Å². The molecule has 0 saturated carbocycles. The second kappa shape index (κ2) is 9.90. The number of amides is 1. The van der Waals surface area contributed by atoms with Crippen LogP contribution in [0.5, 0.6) is 0 Å². The minimum Gasteiger partial charge on any atom is -0.465 e. The molecule has 178 valence electrons. The highest BCUT2D eigenvalue weighted by molar-refractivity contribution is 7.93. The van der Waals surface area contributed by atoms with Crippen molar-refractivity contribution in [2.75, 3.05) is 11.8 Å². The average Bonchev–Trinajstić information content (AvgIpc) is 2.86. The normalized spacial score (nSPS) is 11.1. The number of esters is 1. The van der Waals surface area contributed by atoms with Gasteiger partial charge < -0.3 is 10.1 Å². The number of pyridine rings is 1. The highest BCUT2D eigenvalue weighted by atomic mass is 32.2. The summed E-state index contributed by atoms with van der Waals surface area (Å²) in [4.78, 5) is 28.7. The minimum absolute atomic E-state index is 0.0338. The van der Waals surface area contributed by atoms with Crippen molar-refractivity contribution >= 4 is 38.5 Å². The van der Waals surface area contributed by atoms with Gasteiger partial charge in [0.2, 0.25) is 0 Å². The van der Waals surface area contributed by atoms with Crippen LogP contribution in [0.1, 0.15) is 26.3 Å². The SMILES string of the molecule is COC(=O)c1cc(CNC(=O)c2ccccc2F)cc(NS(=O)(=O)c2cccc3cccnc23)c1. The molecule has 0 radical (unpaired) electrons. The lowest BCUT2D eigenvalue weighted by molar-refractivity contribution is 0.0600. The summed E-state index contributed by atoms with van der Waals surface area (Å²) in [5.41, 5.74) is 0.700. The van der Waals surface area contributed by atoms with Crippen molar-refractivity contribution in [3.63, 3.8) is 0 Å². The van der Waals surface area contributed by atoms with E-state index in [0.29, 0.717) is 16.5 Å². The molecule has 4 aromatic rings. The number of halogens is 1. The molecule has 0 bridgehead atoms. The summed E-state index contributed by atoms with van der Waals surface area (Å²) < 4.78 is 47.5. The molecule has 35 heavy (non-hydrogen) atoms. The van der Waals surface area contributed by atoms with E-state index in [1.54, 1.807) is 24.3 Å². The molecule has 3 aromatic carbocycles. The van der Waals surface area contributed by atoms with Gasteiger partial charge in [0.05, 0.1) is 29.4 Å². The van der Waals surface area contributed by atoms with Crippen LogP contribution in [0, 0.1) is 5.82 Å². The standard InChI is InChI=1S/C25H20FN3O5S/c1-34-25(31)18-12-16(15-28-24(30)20-8-2-3-9-21(20)26)13-19(14-18)29-35(32,33)22-10-4-6-17-7-5-11-27-23(17)22/h2-14,29H,15H2,1H3,(H,28,30). The van der Waals surface area contributed by atoms with E-state index in [4.69, 9.17) is 4.74 Å². The molecule has 0 aliphatic rings. The fourth-order valence-corrected chi connectivity index (χ4v) is 4.74. The molecule has 0 fully saturated rings. The van der Waals surface area contributed by atoms with Crippen molar-refractivity contribution in [3.8, 4) is 0 Å². The number of sulfonamides is 1. The van der Waals surface area contributed by atoms with Crippen molar-refractivity contribution in [3.05, 3.63) is 102 Å². The fourth-order valence-electron chi connectivity index (χ4n) is 3.51. The predicted octanol–water partition coefficient (Wildman–Crippen LogP) is 3.89. The molecule has 0 aliphatic heterocycles. The van der Waals surface area contributed by atoms with Crippen LogP contribution in [0.3, 0.4) is 0 Å². The van der Waals surface area contributed by atoms with Gasteiger partial charge in [-0.3, -0.25) is 14.5 Å². The zero-order chi connectivity index (χ0) is 25.0. The van der Waals surface area contributed by atoms with E-state index in [1.165, 1.54) is 61.8 Å². The molecule has 0 saturated heterocycles. The van der Waals surface area contributed by atoms with Crippen LogP contribution < -0.4 is 10.0 Å². The van der Waals surface area contributed by atoms with Crippen molar-refractivity contribution in [1.29, 1.82) is 0 Å².